The Hall–Kier alpha value is -3.95. The van der Waals surface area contributed by atoms with E-state index in [4.69, 9.17) is 20.9 Å². The van der Waals surface area contributed by atoms with Gasteiger partial charge in [-0.1, -0.05) is 28.9 Å². The van der Waals surface area contributed by atoms with Gasteiger partial charge in [0.25, 0.3) is 10.0 Å². The number of aryl methyl sites for hydroxylation is 1. The predicted molar refractivity (Wildman–Crippen MR) is 136 cm³/mol. The fraction of sp³-hybridized carbons (Fsp3) is 0.0769. The highest BCUT2D eigenvalue weighted by molar-refractivity contribution is 7.93. The maximum Gasteiger partial charge on any atom is 0.270 e. The van der Waals surface area contributed by atoms with Crippen LogP contribution in [0.25, 0.3) is 21.9 Å². The van der Waals surface area contributed by atoms with Gasteiger partial charge in [-0.15, -0.1) is 0 Å². The summed E-state index contributed by atoms with van der Waals surface area (Å²) in [6.45, 7) is 1.79. The summed E-state index contributed by atoms with van der Waals surface area (Å²) < 4.78 is 53.8. The van der Waals surface area contributed by atoms with E-state index in [0.29, 0.717) is 16.7 Å². The van der Waals surface area contributed by atoms with Gasteiger partial charge in [0.1, 0.15) is 23.5 Å². The first-order chi connectivity index (χ1) is 17.3. The molecule has 0 bridgehead atoms. The summed E-state index contributed by atoms with van der Waals surface area (Å²) in [6.07, 6.45) is 4.54. The minimum atomic E-state index is -4.17. The maximum absolute atomic E-state index is 14.2. The van der Waals surface area contributed by atoms with Gasteiger partial charge in [-0.05, 0) is 71.5 Å². The zero-order valence-electron chi connectivity index (χ0n) is 19.1. The standard InChI is InChI=1S/C26H19ClFN3O4S/c1-16-11-24(25(34-2)14-21(16)18-4-6-22(27)23(28)13-18)31(26-8-10-35-30-26)36(32,33)20-5-3-19-15-29-9-7-17(19)12-20/h3-15H,1-2H3. The first-order valence-electron chi connectivity index (χ1n) is 10.7. The zero-order chi connectivity index (χ0) is 25.4. The lowest BCUT2D eigenvalue weighted by Crippen LogP contribution is -2.27. The van der Waals surface area contributed by atoms with Crippen molar-refractivity contribution in [3.63, 3.8) is 0 Å². The second kappa shape index (κ2) is 9.25. The summed E-state index contributed by atoms with van der Waals surface area (Å²) in [5.74, 6) is -0.273. The van der Waals surface area contributed by atoms with Crippen LogP contribution in [0.4, 0.5) is 15.9 Å². The van der Waals surface area contributed by atoms with Crippen LogP contribution in [-0.4, -0.2) is 25.7 Å². The molecule has 5 aromatic rings. The number of anilines is 2. The molecule has 0 aliphatic carbocycles. The van der Waals surface area contributed by atoms with E-state index in [1.807, 2.05) is 0 Å². The maximum atomic E-state index is 14.2. The van der Waals surface area contributed by atoms with Crippen molar-refractivity contribution in [2.75, 3.05) is 11.4 Å². The number of halogens is 2. The van der Waals surface area contributed by atoms with E-state index in [2.05, 4.69) is 10.1 Å². The van der Waals surface area contributed by atoms with Crippen LogP contribution in [0.1, 0.15) is 5.56 Å². The van der Waals surface area contributed by atoms with E-state index in [1.54, 1.807) is 55.7 Å². The number of hydrogen-bond acceptors (Lipinski definition) is 6. The Kier molecular flexibility index (Phi) is 6.11. The molecule has 0 aliphatic rings. The number of fused-ring (bicyclic) bond motifs is 1. The number of sulfonamides is 1. The molecule has 0 aliphatic heterocycles. The Morgan fingerprint density at radius 3 is 2.58 bits per heavy atom. The zero-order valence-corrected chi connectivity index (χ0v) is 20.7. The molecule has 10 heteroatoms. The summed E-state index contributed by atoms with van der Waals surface area (Å²) in [4.78, 5) is 4.12. The van der Waals surface area contributed by atoms with E-state index in [1.165, 1.54) is 37.6 Å². The highest BCUT2D eigenvalue weighted by Crippen LogP contribution is 2.42. The molecule has 0 fully saturated rings. The van der Waals surface area contributed by atoms with Gasteiger partial charge in [0.05, 0.1) is 17.0 Å². The molecule has 182 valence electrons. The average Bonchev–Trinajstić information content (AvgIpc) is 3.40. The summed E-state index contributed by atoms with van der Waals surface area (Å²) in [6, 6.07) is 15.7. The van der Waals surface area contributed by atoms with Crippen molar-refractivity contribution in [3.05, 3.63) is 95.7 Å². The van der Waals surface area contributed by atoms with Gasteiger partial charge in [0, 0.05) is 23.8 Å². The molecule has 0 unspecified atom stereocenters. The number of pyridine rings is 1. The van der Waals surface area contributed by atoms with Gasteiger partial charge in [-0.3, -0.25) is 4.98 Å². The lowest BCUT2D eigenvalue weighted by Gasteiger charge is -2.25. The van der Waals surface area contributed by atoms with Crippen LogP contribution in [0.15, 0.2) is 88.7 Å². The fourth-order valence-corrected chi connectivity index (χ4v) is 5.57. The molecule has 3 aromatic carbocycles. The van der Waals surface area contributed by atoms with E-state index in [9.17, 15) is 12.8 Å². The van der Waals surface area contributed by atoms with Crippen LogP contribution in [-0.2, 0) is 10.0 Å². The van der Waals surface area contributed by atoms with Crippen LogP contribution >= 0.6 is 11.6 Å². The molecule has 0 radical (unpaired) electrons. The largest absolute Gasteiger partial charge is 0.495 e. The van der Waals surface area contributed by atoms with E-state index in [-0.39, 0.29) is 27.2 Å². The van der Waals surface area contributed by atoms with Crippen molar-refractivity contribution in [2.24, 2.45) is 0 Å². The second-order valence-electron chi connectivity index (χ2n) is 7.98. The highest BCUT2D eigenvalue weighted by Gasteiger charge is 2.32. The van der Waals surface area contributed by atoms with E-state index in [0.717, 1.165) is 15.1 Å². The first kappa shape index (κ1) is 23.8. The van der Waals surface area contributed by atoms with Gasteiger partial charge < -0.3 is 9.26 Å². The molecule has 0 saturated carbocycles. The molecule has 0 spiro atoms. The van der Waals surface area contributed by atoms with Crippen molar-refractivity contribution in [1.82, 2.24) is 10.1 Å². The minimum absolute atomic E-state index is 0.00875. The van der Waals surface area contributed by atoms with E-state index >= 15 is 0 Å². The average molecular weight is 524 g/mol. The van der Waals surface area contributed by atoms with Crippen molar-refractivity contribution < 1.29 is 22.1 Å². The SMILES string of the molecule is COc1cc(-c2ccc(Cl)c(F)c2)c(C)cc1N(c1ccon1)S(=O)(=O)c1ccc2cnccc2c1. The summed E-state index contributed by atoms with van der Waals surface area (Å²) in [7, 11) is -2.75. The summed E-state index contributed by atoms with van der Waals surface area (Å²) >= 11 is 5.84. The van der Waals surface area contributed by atoms with Crippen molar-refractivity contribution in [1.29, 1.82) is 0 Å². The molecule has 2 heterocycles. The Labute approximate surface area is 211 Å². The third-order valence-electron chi connectivity index (χ3n) is 5.76. The smallest absolute Gasteiger partial charge is 0.270 e. The number of ether oxygens (including phenoxy) is 1. The predicted octanol–water partition coefficient (Wildman–Crippen LogP) is 6.53. The molecular formula is C26H19ClFN3O4S. The summed E-state index contributed by atoms with van der Waals surface area (Å²) in [5.41, 5.74) is 2.12. The number of aromatic nitrogens is 2. The molecule has 36 heavy (non-hydrogen) atoms. The summed E-state index contributed by atoms with van der Waals surface area (Å²) in [5, 5.41) is 5.42. The van der Waals surface area contributed by atoms with Gasteiger partial charge in [-0.25, -0.2) is 17.1 Å². The lowest BCUT2D eigenvalue weighted by molar-refractivity contribution is 0.414. The van der Waals surface area contributed by atoms with Crippen molar-refractivity contribution in [2.45, 2.75) is 11.8 Å². The Bertz CT molecular complexity index is 1690. The number of hydrogen-bond donors (Lipinski definition) is 0. The third-order valence-corrected chi connectivity index (χ3v) is 7.78. The van der Waals surface area contributed by atoms with Crippen LogP contribution < -0.4 is 9.04 Å². The number of methoxy groups -OCH3 is 1. The quantitative estimate of drug-likeness (QED) is 0.251. The molecule has 5 rings (SSSR count). The van der Waals surface area contributed by atoms with Crippen molar-refractivity contribution >= 4 is 43.9 Å². The minimum Gasteiger partial charge on any atom is -0.495 e. The second-order valence-corrected chi connectivity index (χ2v) is 10.2. The Morgan fingerprint density at radius 1 is 1.03 bits per heavy atom. The van der Waals surface area contributed by atoms with Gasteiger partial charge >= 0.3 is 0 Å². The van der Waals surface area contributed by atoms with Crippen LogP contribution in [0.2, 0.25) is 5.02 Å². The molecule has 7 nitrogen and oxygen atoms in total. The molecular weight excluding hydrogens is 505 g/mol. The van der Waals surface area contributed by atoms with Gasteiger partial charge in [0.2, 0.25) is 0 Å². The molecule has 0 N–H and O–H groups in total. The normalized spacial score (nSPS) is 11.6. The number of benzene rings is 3. The Balaban J connectivity index is 1.70. The number of rotatable bonds is 6. The van der Waals surface area contributed by atoms with Gasteiger partial charge in [0.15, 0.2) is 5.82 Å². The molecule has 0 atom stereocenters. The highest BCUT2D eigenvalue weighted by atomic mass is 35.5. The van der Waals surface area contributed by atoms with E-state index < -0.39 is 15.8 Å². The monoisotopic (exact) mass is 523 g/mol. The molecule has 2 aromatic heterocycles. The number of nitrogens with zero attached hydrogens (tertiary/aromatic N) is 3. The van der Waals surface area contributed by atoms with Gasteiger partial charge in [-0.2, -0.15) is 0 Å². The lowest BCUT2D eigenvalue weighted by atomic mass is 9.99. The van der Waals surface area contributed by atoms with Crippen LogP contribution in [0, 0.1) is 12.7 Å². The molecule has 0 saturated heterocycles. The van der Waals surface area contributed by atoms with Crippen molar-refractivity contribution in [3.8, 4) is 16.9 Å². The third kappa shape index (κ3) is 4.16. The Morgan fingerprint density at radius 2 is 1.86 bits per heavy atom. The van der Waals surface area contributed by atoms with Crippen LogP contribution in [0.5, 0.6) is 5.75 Å². The molecule has 0 amide bonds. The topological polar surface area (TPSA) is 85.5 Å². The first-order valence-corrected chi connectivity index (χ1v) is 12.5. The fourth-order valence-electron chi connectivity index (χ4n) is 3.98. The van der Waals surface area contributed by atoms with Crippen LogP contribution in [0.3, 0.4) is 0 Å².